The number of benzene rings is 1. The number of carbonyl (C=O) groups excluding carboxylic acids is 1. The molecule has 0 aromatic heterocycles. The zero-order valence-corrected chi connectivity index (χ0v) is 15.3. The first-order valence-corrected chi connectivity index (χ1v) is 8.63. The van der Waals surface area contributed by atoms with Gasteiger partial charge in [-0.3, -0.25) is 9.69 Å². The lowest BCUT2D eigenvalue weighted by atomic mass is 9.82. The van der Waals surface area contributed by atoms with Gasteiger partial charge in [0, 0.05) is 24.7 Å². The molecule has 128 valence electrons. The van der Waals surface area contributed by atoms with Crippen LogP contribution in [0.4, 0.5) is 0 Å². The minimum absolute atomic E-state index is 0.137. The van der Waals surface area contributed by atoms with Gasteiger partial charge < -0.3 is 11.1 Å². The molecule has 2 atom stereocenters. The van der Waals surface area contributed by atoms with Crippen molar-refractivity contribution in [1.29, 1.82) is 0 Å². The third-order valence-electron chi connectivity index (χ3n) is 4.83. The molecular formula is C18H28ClN3O. The van der Waals surface area contributed by atoms with E-state index in [0.29, 0.717) is 23.0 Å². The summed E-state index contributed by atoms with van der Waals surface area (Å²) in [6.45, 7) is 8.87. The number of carbonyl (C=O) groups is 1. The monoisotopic (exact) mass is 337 g/mol. The molecule has 1 aromatic rings. The molecule has 2 rings (SSSR count). The Balaban J connectivity index is 2.38. The topological polar surface area (TPSA) is 58.4 Å². The summed E-state index contributed by atoms with van der Waals surface area (Å²) in [5.74, 6) is 0.651. The summed E-state index contributed by atoms with van der Waals surface area (Å²) >= 11 is 6.28. The Hall–Kier alpha value is -0.940. The van der Waals surface area contributed by atoms with Gasteiger partial charge in [-0.25, -0.2) is 0 Å². The highest BCUT2D eigenvalue weighted by Crippen LogP contribution is 2.34. The van der Waals surface area contributed by atoms with Gasteiger partial charge in [0.2, 0.25) is 0 Å². The molecule has 0 spiro atoms. The lowest BCUT2D eigenvalue weighted by molar-refractivity contribution is 0.111. The largest absolute Gasteiger partial charge is 0.319 e. The zero-order chi connectivity index (χ0) is 17.2. The quantitative estimate of drug-likeness (QED) is 0.783. The molecule has 23 heavy (non-hydrogen) atoms. The Morgan fingerprint density at radius 1 is 1.52 bits per heavy atom. The molecule has 1 heterocycles. The average molecular weight is 338 g/mol. The number of nitrogens with one attached hydrogen (secondary N) is 1. The average Bonchev–Trinajstić information content (AvgIpc) is 2.87. The number of nitrogens with zero attached hydrogens (tertiary/aromatic N) is 1. The SMILES string of the molecule is Cc1cc(Cl)c(C=O)c(C2(N)CNCC2N(C)CCC(C)C)c1. The number of rotatable bonds is 6. The van der Waals surface area contributed by atoms with Crippen LogP contribution in [0.1, 0.15) is 41.8 Å². The van der Waals surface area contributed by atoms with E-state index in [2.05, 4.69) is 31.1 Å². The van der Waals surface area contributed by atoms with Crippen LogP contribution in [0.25, 0.3) is 0 Å². The van der Waals surface area contributed by atoms with E-state index in [1.807, 2.05) is 19.1 Å². The molecule has 1 aliphatic heterocycles. The maximum Gasteiger partial charge on any atom is 0.151 e. The summed E-state index contributed by atoms with van der Waals surface area (Å²) in [7, 11) is 2.11. The van der Waals surface area contributed by atoms with Crippen LogP contribution in [-0.4, -0.2) is 43.9 Å². The van der Waals surface area contributed by atoms with Crippen LogP contribution in [0.3, 0.4) is 0 Å². The van der Waals surface area contributed by atoms with Gasteiger partial charge in [0.25, 0.3) is 0 Å². The predicted octanol–water partition coefficient (Wildman–Crippen LogP) is 2.56. The first-order chi connectivity index (χ1) is 10.8. The maximum absolute atomic E-state index is 11.6. The number of halogens is 1. The van der Waals surface area contributed by atoms with Crippen LogP contribution in [0.15, 0.2) is 12.1 Å². The summed E-state index contributed by atoms with van der Waals surface area (Å²) in [5.41, 5.74) is 8.60. The number of hydrogen-bond acceptors (Lipinski definition) is 4. The Labute approximate surface area is 144 Å². The fourth-order valence-electron chi connectivity index (χ4n) is 3.42. The minimum Gasteiger partial charge on any atom is -0.319 e. The molecule has 0 bridgehead atoms. The standard InChI is InChI=1S/C18H28ClN3O/c1-12(2)5-6-22(4)17-9-21-11-18(17,20)15-7-13(3)8-16(19)14(15)10-23/h7-8,10,12,17,21H,5-6,9,11,20H2,1-4H3. The zero-order valence-electron chi connectivity index (χ0n) is 14.5. The fraction of sp³-hybridized carbons (Fsp3) is 0.611. The van der Waals surface area contributed by atoms with Crippen LogP contribution < -0.4 is 11.1 Å². The molecule has 1 fully saturated rings. The van der Waals surface area contributed by atoms with Gasteiger partial charge in [-0.1, -0.05) is 31.5 Å². The highest BCUT2D eigenvalue weighted by atomic mass is 35.5. The molecular weight excluding hydrogens is 310 g/mol. The van der Waals surface area contributed by atoms with E-state index < -0.39 is 5.54 Å². The van der Waals surface area contributed by atoms with Crippen LogP contribution in [0.2, 0.25) is 5.02 Å². The Morgan fingerprint density at radius 2 is 2.22 bits per heavy atom. The number of nitrogens with two attached hydrogens (primary N) is 1. The molecule has 0 aliphatic carbocycles. The van der Waals surface area contributed by atoms with Gasteiger partial charge >= 0.3 is 0 Å². The molecule has 0 amide bonds. The lowest BCUT2D eigenvalue weighted by Gasteiger charge is -2.38. The number of hydrogen-bond donors (Lipinski definition) is 2. The summed E-state index contributed by atoms with van der Waals surface area (Å²) in [5, 5.41) is 3.88. The van der Waals surface area contributed by atoms with Gasteiger partial charge in [0.1, 0.15) is 0 Å². The van der Waals surface area contributed by atoms with Crippen molar-refractivity contribution in [1.82, 2.24) is 10.2 Å². The van der Waals surface area contributed by atoms with Crippen molar-refractivity contribution in [2.24, 2.45) is 11.7 Å². The predicted molar refractivity (Wildman–Crippen MR) is 96.2 cm³/mol. The second-order valence-corrected chi connectivity index (χ2v) is 7.58. The molecule has 1 aromatic carbocycles. The van der Waals surface area contributed by atoms with Crippen LogP contribution in [0.5, 0.6) is 0 Å². The van der Waals surface area contributed by atoms with Gasteiger partial charge in [-0.15, -0.1) is 0 Å². The van der Waals surface area contributed by atoms with Crippen molar-refractivity contribution in [3.05, 3.63) is 33.8 Å². The Kier molecular flexibility index (Phi) is 5.84. The summed E-state index contributed by atoms with van der Waals surface area (Å²) in [6, 6.07) is 3.96. The van der Waals surface area contributed by atoms with E-state index in [0.717, 1.165) is 36.9 Å². The third kappa shape index (κ3) is 3.77. The molecule has 4 nitrogen and oxygen atoms in total. The van der Waals surface area contributed by atoms with Crippen molar-refractivity contribution >= 4 is 17.9 Å². The van der Waals surface area contributed by atoms with Crippen molar-refractivity contribution in [2.45, 2.75) is 38.8 Å². The molecule has 3 N–H and O–H groups in total. The van der Waals surface area contributed by atoms with E-state index >= 15 is 0 Å². The maximum atomic E-state index is 11.6. The van der Waals surface area contributed by atoms with E-state index in [9.17, 15) is 4.79 Å². The summed E-state index contributed by atoms with van der Waals surface area (Å²) in [4.78, 5) is 13.9. The molecule has 1 aliphatic rings. The van der Waals surface area contributed by atoms with Crippen molar-refractivity contribution < 1.29 is 4.79 Å². The fourth-order valence-corrected chi connectivity index (χ4v) is 3.73. The van der Waals surface area contributed by atoms with Crippen LogP contribution >= 0.6 is 11.6 Å². The summed E-state index contributed by atoms with van der Waals surface area (Å²) < 4.78 is 0. The molecule has 0 radical (unpaired) electrons. The second-order valence-electron chi connectivity index (χ2n) is 7.18. The Morgan fingerprint density at radius 3 is 2.83 bits per heavy atom. The molecule has 0 saturated carbocycles. The van der Waals surface area contributed by atoms with E-state index in [4.69, 9.17) is 17.3 Å². The first kappa shape index (κ1) is 18.4. The highest BCUT2D eigenvalue weighted by molar-refractivity contribution is 6.33. The molecule has 1 saturated heterocycles. The number of aryl methyl sites for hydroxylation is 1. The van der Waals surface area contributed by atoms with Crippen molar-refractivity contribution in [3.63, 3.8) is 0 Å². The van der Waals surface area contributed by atoms with E-state index in [1.165, 1.54) is 0 Å². The summed E-state index contributed by atoms with van der Waals surface area (Å²) in [6.07, 6.45) is 1.95. The minimum atomic E-state index is -0.613. The normalized spacial score (nSPS) is 24.6. The third-order valence-corrected chi connectivity index (χ3v) is 5.15. The van der Waals surface area contributed by atoms with Crippen LogP contribution in [-0.2, 0) is 5.54 Å². The lowest BCUT2D eigenvalue weighted by Crippen LogP contribution is -2.55. The molecule has 5 heteroatoms. The number of likely N-dealkylation sites (N-methyl/N-ethyl adjacent to an activating group) is 1. The number of aldehydes is 1. The van der Waals surface area contributed by atoms with Gasteiger partial charge in [-0.2, -0.15) is 0 Å². The van der Waals surface area contributed by atoms with Crippen molar-refractivity contribution in [2.75, 3.05) is 26.7 Å². The smallest absolute Gasteiger partial charge is 0.151 e. The second kappa shape index (κ2) is 7.31. The first-order valence-electron chi connectivity index (χ1n) is 8.25. The van der Waals surface area contributed by atoms with Gasteiger partial charge in [0.05, 0.1) is 10.6 Å². The van der Waals surface area contributed by atoms with Gasteiger partial charge in [-0.05, 0) is 50.0 Å². The highest BCUT2D eigenvalue weighted by Gasteiger charge is 2.44. The van der Waals surface area contributed by atoms with Gasteiger partial charge in [0.15, 0.2) is 6.29 Å². The van der Waals surface area contributed by atoms with Crippen LogP contribution in [0, 0.1) is 12.8 Å². The van der Waals surface area contributed by atoms with Crippen molar-refractivity contribution in [3.8, 4) is 0 Å². The molecule has 2 unspecified atom stereocenters. The van der Waals surface area contributed by atoms with E-state index in [1.54, 1.807) is 0 Å². The Bertz CT molecular complexity index is 576. The van der Waals surface area contributed by atoms with E-state index in [-0.39, 0.29) is 6.04 Å².